The van der Waals surface area contributed by atoms with E-state index < -0.39 is 0 Å². The molecule has 1 saturated carbocycles. The zero-order chi connectivity index (χ0) is 17.1. The number of hydrogen-bond donors (Lipinski definition) is 1. The Morgan fingerprint density at radius 3 is 2.92 bits per heavy atom. The number of amides is 1. The highest BCUT2D eigenvalue weighted by atomic mass is 16.5. The summed E-state index contributed by atoms with van der Waals surface area (Å²) in [4.78, 5) is 16.5. The molecular weight excluding hydrogens is 320 g/mol. The van der Waals surface area contributed by atoms with E-state index >= 15 is 0 Å². The van der Waals surface area contributed by atoms with Crippen LogP contribution in [0.1, 0.15) is 23.2 Å². The highest BCUT2D eigenvalue weighted by Crippen LogP contribution is 2.29. The van der Waals surface area contributed by atoms with E-state index in [1.54, 1.807) is 24.3 Å². The van der Waals surface area contributed by atoms with Gasteiger partial charge in [-0.05, 0) is 53.5 Å². The van der Waals surface area contributed by atoms with Crippen molar-refractivity contribution in [2.75, 3.05) is 11.9 Å². The molecule has 1 N–H and O–H groups in total. The van der Waals surface area contributed by atoms with E-state index in [0.717, 1.165) is 5.69 Å². The second-order valence-electron chi connectivity index (χ2n) is 5.90. The lowest BCUT2D eigenvalue weighted by atomic mass is 10.2. The molecule has 0 saturated heterocycles. The Kier molecular flexibility index (Phi) is 4.07. The van der Waals surface area contributed by atoms with E-state index in [9.17, 15) is 4.79 Å². The van der Waals surface area contributed by atoms with Gasteiger partial charge in [0.15, 0.2) is 0 Å². The number of carbonyl (C=O) groups excluding carboxylic acids is 1. The van der Waals surface area contributed by atoms with Crippen molar-refractivity contribution in [2.24, 2.45) is 5.92 Å². The average Bonchev–Trinajstić information content (AvgIpc) is 3.31. The molecule has 1 aromatic carbocycles. The highest BCUT2D eigenvalue weighted by Gasteiger charge is 2.22. The fourth-order valence-corrected chi connectivity index (χ4v) is 2.30. The number of aromatic nitrogens is 5. The minimum atomic E-state index is -0.241. The molecule has 2 heterocycles. The number of hydrogen-bond acceptors (Lipinski definition) is 6. The lowest BCUT2D eigenvalue weighted by Gasteiger charge is -2.08. The van der Waals surface area contributed by atoms with Gasteiger partial charge in [-0.1, -0.05) is 6.07 Å². The molecule has 0 bridgehead atoms. The molecule has 0 aliphatic heterocycles. The molecule has 1 amide bonds. The van der Waals surface area contributed by atoms with Gasteiger partial charge in [-0.3, -0.25) is 4.79 Å². The van der Waals surface area contributed by atoms with Gasteiger partial charge in [-0.2, -0.15) is 0 Å². The summed E-state index contributed by atoms with van der Waals surface area (Å²) in [6.07, 6.45) is 5.46. The predicted molar refractivity (Wildman–Crippen MR) is 89.6 cm³/mol. The summed E-state index contributed by atoms with van der Waals surface area (Å²) in [5.74, 6) is 0.969. The number of tetrazole rings is 1. The van der Waals surface area contributed by atoms with Gasteiger partial charge in [0, 0.05) is 18.0 Å². The van der Waals surface area contributed by atoms with Crippen LogP contribution in [0.15, 0.2) is 48.9 Å². The van der Waals surface area contributed by atoms with Crippen LogP contribution in [-0.2, 0) is 0 Å². The SMILES string of the molecule is O=C(Nc1cccc(-n2cnnn2)c1)c1ccc(OCC2CC2)nc1. The van der Waals surface area contributed by atoms with Crippen LogP contribution in [0.5, 0.6) is 5.88 Å². The maximum absolute atomic E-state index is 12.4. The van der Waals surface area contributed by atoms with Crippen LogP contribution in [-0.4, -0.2) is 37.7 Å². The highest BCUT2D eigenvalue weighted by molar-refractivity contribution is 6.04. The van der Waals surface area contributed by atoms with Gasteiger partial charge in [0.1, 0.15) is 6.33 Å². The van der Waals surface area contributed by atoms with Crippen molar-refractivity contribution in [1.82, 2.24) is 25.2 Å². The first kappa shape index (κ1) is 15.3. The Hall–Kier alpha value is -3.29. The van der Waals surface area contributed by atoms with Crippen molar-refractivity contribution in [2.45, 2.75) is 12.8 Å². The number of anilines is 1. The van der Waals surface area contributed by atoms with Crippen LogP contribution in [0.4, 0.5) is 5.69 Å². The van der Waals surface area contributed by atoms with Gasteiger partial charge in [0.25, 0.3) is 5.91 Å². The molecule has 8 heteroatoms. The molecule has 3 aromatic rings. The number of carbonyl (C=O) groups is 1. The lowest BCUT2D eigenvalue weighted by Crippen LogP contribution is -2.12. The quantitative estimate of drug-likeness (QED) is 0.741. The van der Waals surface area contributed by atoms with Crippen LogP contribution < -0.4 is 10.1 Å². The molecule has 25 heavy (non-hydrogen) atoms. The van der Waals surface area contributed by atoms with Crippen LogP contribution in [0.2, 0.25) is 0 Å². The predicted octanol–water partition coefficient (Wildman–Crippen LogP) is 2.10. The third kappa shape index (κ3) is 3.79. The summed E-state index contributed by atoms with van der Waals surface area (Å²) in [5.41, 5.74) is 1.86. The van der Waals surface area contributed by atoms with Crippen LogP contribution >= 0.6 is 0 Å². The third-order valence-electron chi connectivity index (χ3n) is 3.88. The van der Waals surface area contributed by atoms with Crippen molar-refractivity contribution >= 4 is 11.6 Å². The van der Waals surface area contributed by atoms with Gasteiger partial charge in [-0.25, -0.2) is 9.67 Å². The molecular formula is C17H16N6O2. The maximum Gasteiger partial charge on any atom is 0.257 e. The summed E-state index contributed by atoms with van der Waals surface area (Å²) in [5, 5.41) is 13.9. The van der Waals surface area contributed by atoms with Gasteiger partial charge in [0.05, 0.1) is 17.9 Å². The normalized spacial score (nSPS) is 13.4. The van der Waals surface area contributed by atoms with Gasteiger partial charge >= 0.3 is 0 Å². The Morgan fingerprint density at radius 1 is 1.28 bits per heavy atom. The van der Waals surface area contributed by atoms with Gasteiger partial charge < -0.3 is 10.1 Å². The molecule has 8 nitrogen and oxygen atoms in total. The Balaban J connectivity index is 1.42. The number of nitrogens with zero attached hydrogens (tertiary/aromatic N) is 5. The van der Waals surface area contributed by atoms with E-state index in [-0.39, 0.29) is 5.91 Å². The van der Waals surface area contributed by atoms with Gasteiger partial charge in [0.2, 0.25) is 5.88 Å². The van der Waals surface area contributed by atoms with Gasteiger partial charge in [-0.15, -0.1) is 5.10 Å². The average molecular weight is 336 g/mol. The second kappa shape index (κ2) is 6.68. The van der Waals surface area contributed by atoms with Crippen molar-refractivity contribution in [3.8, 4) is 11.6 Å². The maximum atomic E-state index is 12.4. The first-order chi connectivity index (χ1) is 12.3. The number of ether oxygens (including phenoxy) is 1. The fraction of sp³-hybridized carbons (Fsp3) is 0.235. The van der Waals surface area contributed by atoms with E-state index in [1.165, 1.54) is 30.0 Å². The molecule has 0 unspecified atom stereocenters. The lowest BCUT2D eigenvalue weighted by molar-refractivity contribution is 0.102. The molecule has 0 atom stereocenters. The summed E-state index contributed by atoms with van der Waals surface area (Å²) < 4.78 is 7.09. The van der Waals surface area contributed by atoms with Crippen LogP contribution in [0.25, 0.3) is 5.69 Å². The first-order valence-corrected chi connectivity index (χ1v) is 8.01. The fourth-order valence-electron chi connectivity index (χ4n) is 2.30. The number of nitrogens with one attached hydrogen (secondary N) is 1. The van der Waals surface area contributed by atoms with Crippen LogP contribution in [0.3, 0.4) is 0 Å². The molecule has 0 spiro atoms. The van der Waals surface area contributed by atoms with Crippen molar-refractivity contribution in [3.05, 3.63) is 54.5 Å². The molecule has 126 valence electrons. The summed E-state index contributed by atoms with van der Waals surface area (Å²) >= 11 is 0. The Morgan fingerprint density at radius 2 is 2.20 bits per heavy atom. The van der Waals surface area contributed by atoms with Crippen molar-refractivity contribution in [1.29, 1.82) is 0 Å². The minimum Gasteiger partial charge on any atom is -0.477 e. The van der Waals surface area contributed by atoms with E-state index in [2.05, 4.69) is 25.8 Å². The largest absolute Gasteiger partial charge is 0.477 e. The number of rotatable bonds is 6. The molecule has 2 aromatic heterocycles. The van der Waals surface area contributed by atoms with E-state index in [1.807, 2.05) is 12.1 Å². The first-order valence-electron chi connectivity index (χ1n) is 8.01. The van der Waals surface area contributed by atoms with Crippen molar-refractivity contribution in [3.63, 3.8) is 0 Å². The molecule has 1 aliphatic carbocycles. The molecule has 4 rings (SSSR count). The zero-order valence-corrected chi connectivity index (χ0v) is 13.4. The molecule has 1 aliphatic rings. The smallest absolute Gasteiger partial charge is 0.257 e. The Bertz CT molecular complexity index is 859. The molecule has 1 fully saturated rings. The number of pyridine rings is 1. The topological polar surface area (TPSA) is 94.8 Å². The van der Waals surface area contributed by atoms with E-state index in [0.29, 0.717) is 29.7 Å². The summed E-state index contributed by atoms with van der Waals surface area (Å²) in [6.45, 7) is 0.697. The molecule has 0 radical (unpaired) electrons. The number of benzene rings is 1. The van der Waals surface area contributed by atoms with Crippen molar-refractivity contribution < 1.29 is 9.53 Å². The zero-order valence-electron chi connectivity index (χ0n) is 13.4. The summed E-state index contributed by atoms with van der Waals surface area (Å²) in [7, 11) is 0. The minimum absolute atomic E-state index is 0.241. The monoisotopic (exact) mass is 336 g/mol. The Labute approximate surface area is 143 Å². The van der Waals surface area contributed by atoms with E-state index in [4.69, 9.17) is 4.74 Å². The van der Waals surface area contributed by atoms with Crippen LogP contribution in [0, 0.1) is 5.92 Å². The third-order valence-corrected chi connectivity index (χ3v) is 3.88. The second-order valence-corrected chi connectivity index (χ2v) is 5.90. The summed E-state index contributed by atoms with van der Waals surface area (Å²) in [6, 6.07) is 10.7. The standard InChI is InChI=1S/C17H16N6O2/c24-17(13-6-7-16(18-9-13)25-10-12-4-5-12)20-14-2-1-3-15(8-14)23-11-19-21-22-23/h1-3,6-9,11-12H,4-5,10H2,(H,20,24).